The number of nitrogens with one attached hydrogen (secondary N) is 1. The summed E-state index contributed by atoms with van der Waals surface area (Å²) in [5.41, 5.74) is 0.819. The molecule has 0 aromatic heterocycles. The summed E-state index contributed by atoms with van der Waals surface area (Å²) in [5.74, 6) is 0.276. The van der Waals surface area contributed by atoms with Gasteiger partial charge >= 0.3 is 6.61 Å². The Morgan fingerprint density at radius 3 is 2.56 bits per heavy atom. The molecule has 0 radical (unpaired) electrons. The van der Waals surface area contributed by atoms with Crippen molar-refractivity contribution < 1.29 is 13.5 Å². The molecule has 1 fully saturated rings. The fourth-order valence-corrected chi connectivity index (χ4v) is 2.30. The molecule has 1 saturated heterocycles. The van der Waals surface area contributed by atoms with Crippen LogP contribution in [-0.2, 0) is 0 Å². The molecule has 0 amide bonds. The summed E-state index contributed by atoms with van der Waals surface area (Å²) in [5, 5.41) is 3.27. The average Bonchev–Trinajstić information content (AvgIpc) is 2.39. The summed E-state index contributed by atoms with van der Waals surface area (Å²) in [6, 6.07) is 7.10. The van der Waals surface area contributed by atoms with Gasteiger partial charge in [-0.3, -0.25) is 4.90 Å². The van der Waals surface area contributed by atoms with Crippen molar-refractivity contribution in [2.24, 2.45) is 0 Å². The number of para-hydroxylation sites is 1. The van der Waals surface area contributed by atoms with Gasteiger partial charge in [0.05, 0.1) is 0 Å². The third kappa shape index (κ3) is 3.17. The number of hydrogen-bond donors (Lipinski definition) is 1. The maximum atomic E-state index is 12.4. The Balaban J connectivity index is 2.15. The molecule has 0 aliphatic carbocycles. The zero-order valence-electron chi connectivity index (χ0n) is 10.4. The Bertz CT molecular complexity index is 381. The van der Waals surface area contributed by atoms with E-state index < -0.39 is 6.61 Å². The Hall–Kier alpha value is -1.20. The minimum atomic E-state index is -2.78. The van der Waals surface area contributed by atoms with Gasteiger partial charge in [-0.2, -0.15) is 8.78 Å². The van der Waals surface area contributed by atoms with E-state index in [1.807, 2.05) is 19.1 Å². The zero-order valence-corrected chi connectivity index (χ0v) is 10.4. The maximum Gasteiger partial charge on any atom is 0.387 e. The Kier molecular flexibility index (Phi) is 4.49. The van der Waals surface area contributed by atoms with Gasteiger partial charge in [-0.15, -0.1) is 0 Å². The number of rotatable bonds is 4. The summed E-state index contributed by atoms with van der Waals surface area (Å²) in [4.78, 5) is 2.27. The smallest absolute Gasteiger partial charge is 0.387 e. The molecule has 1 aliphatic rings. The normalized spacial score (nSPS) is 18.9. The molecule has 5 heteroatoms. The van der Waals surface area contributed by atoms with E-state index in [9.17, 15) is 8.78 Å². The van der Waals surface area contributed by atoms with Gasteiger partial charge in [0.25, 0.3) is 0 Å². The predicted molar refractivity (Wildman–Crippen MR) is 65.9 cm³/mol. The van der Waals surface area contributed by atoms with E-state index in [4.69, 9.17) is 0 Å². The molecule has 1 aromatic rings. The lowest BCUT2D eigenvalue weighted by atomic mass is 10.1. The van der Waals surface area contributed by atoms with Crippen molar-refractivity contribution in [1.29, 1.82) is 0 Å². The van der Waals surface area contributed by atoms with Gasteiger partial charge in [0, 0.05) is 37.8 Å². The molecule has 1 atom stereocenters. The number of benzene rings is 1. The third-order valence-electron chi connectivity index (χ3n) is 3.28. The highest BCUT2D eigenvalue weighted by atomic mass is 19.3. The highest BCUT2D eigenvalue weighted by molar-refractivity contribution is 5.35. The number of halogens is 2. The molecule has 1 N–H and O–H groups in total. The van der Waals surface area contributed by atoms with E-state index in [0.29, 0.717) is 0 Å². The summed E-state index contributed by atoms with van der Waals surface area (Å²) >= 11 is 0. The van der Waals surface area contributed by atoms with E-state index in [0.717, 1.165) is 31.7 Å². The second-order valence-corrected chi connectivity index (χ2v) is 4.38. The quantitative estimate of drug-likeness (QED) is 0.894. The van der Waals surface area contributed by atoms with Crippen molar-refractivity contribution in [1.82, 2.24) is 10.2 Å². The molecular weight excluding hydrogens is 238 g/mol. The number of ether oxygens (including phenoxy) is 1. The van der Waals surface area contributed by atoms with Crippen LogP contribution in [0.25, 0.3) is 0 Å². The minimum Gasteiger partial charge on any atom is -0.434 e. The summed E-state index contributed by atoms with van der Waals surface area (Å²) in [7, 11) is 0. The van der Waals surface area contributed by atoms with Crippen LogP contribution in [0.4, 0.5) is 8.78 Å². The molecule has 100 valence electrons. The van der Waals surface area contributed by atoms with Gasteiger partial charge in [0.2, 0.25) is 0 Å². The van der Waals surface area contributed by atoms with E-state index in [-0.39, 0.29) is 11.8 Å². The minimum absolute atomic E-state index is 0.0852. The molecule has 1 aromatic carbocycles. The molecule has 2 rings (SSSR count). The van der Waals surface area contributed by atoms with Crippen molar-refractivity contribution in [3.8, 4) is 5.75 Å². The number of alkyl halides is 2. The molecule has 3 nitrogen and oxygen atoms in total. The maximum absolute atomic E-state index is 12.4. The monoisotopic (exact) mass is 256 g/mol. The molecule has 18 heavy (non-hydrogen) atoms. The van der Waals surface area contributed by atoms with Crippen LogP contribution in [0.1, 0.15) is 18.5 Å². The summed E-state index contributed by atoms with van der Waals surface area (Å²) < 4.78 is 29.3. The van der Waals surface area contributed by atoms with Crippen LogP contribution in [0.3, 0.4) is 0 Å². The second kappa shape index (κ2) is 6.11. The van der Waals surface area contributed by atoms with Crippen LogP contribution in [-0.4, -0.2) is 37.7 Å². The first kappa shape index (κ1) is 13.2. The van der Waals surface area contributed by atoms with Gasteiger partial charge < -0.3 is 10.1 Å². The first-order chi connectivity index (χ1) is 8.68. The second-order valence-electron chi connectivity index (χ2n) is 4.38. The van der Waals surface area contributed by atoms with Gasteiger partial charge in [-0.05, 0) is 13.0 Å². The summed E-state index contributed by atoms with van der Waals surface area (Å²) in [6.07, 6.45) is 0. The van der Waals surface area contributed by atoms with Crippen molar-refractivity contribution >= 4 is 0 Å². The SMILES string of the molecule is C[C@H](c1ccccc1OC(F)F)N1CCNCC1. The van der Waals surface area contributed by atoms with Crippen LogP contribution in [0.2, 0.25) is 0 Å². The predicted octanol–water partition coefficient (Wildman–Crippen LogP) is 2.25. The lowest BCUT2D eigenvalue weighted by Gasteiger charge is -2.33. The molecule has 0 spiro atoms. The lowest BCUT2D eigenvalue weighted by Crippen LogP contribution is -2.44. The molecule has 1 aliphatic heterocycles. The standard InChI is InChI=1S/C13H18F2N2O/c1-10(17-8-6-16-7-9-17)11-4-2-3-5-12(11)18-13(14)15/h2-5,10,13,16H,6-9H2,1H3/t10-/m1/s1. The highest BCUT2D eigenvalue weighted by Crippen LogP contribution is 2.30. The fraction of sp³-hybridized carbons (Fsp3) is 0.538. The van der Waals surface area contributed by atoms with Crippen LogP contribution >= 0.6 is 0 Å². The Labute approximate surface area is 106 Å². The molecule has 1 heterocycles. The molecule has 0 bridgehead atoms. The van der Waals surface area contributed by atoms with Crippen molar-refractivity contribution in [2.75, 3.05) is 26.2 Å². The lowest BCUT2D eigenvalue weighted by molar-refractivity contribution is -0.0511. The highest BCUT2D eigenvalue weighted by Gasteiger charge is 2.21. The van der Waals surface area contributed by atoms with Crippen LogP contribution in [0, 0.1) is 0 Å². The number of hydrogen-bond acceptors (Lipinski definition) is 3. The molecule has 0 unspecified atom stereocenters. The first-order valence-corrected chi connectivity index (χ1v) is 6.17. The topological polar surface area (TPSA) is 24.5 Å². The van der Waals surface area contributed by atoms with E-state index in [1.165, 1.54) is 0 Å². The number of nitrogens with zero attached hydrogens (tertiary/aromatic N) is 1. The first-order valence-electron chi connectivity index (χ1n) is 6.17. The third-order valence-corrected chi connectivity index (χ3v) is 3.28. The molecule has 0 saturated carbocycles. The van der Waals surface area contributed by atoms with Crippen LogP contribution in [0.15, 0.2) is 24.3 Å². The van der Waals surface area contributed by atoms with E-state index >= 15 is 0 Å². The summed E-state index contributed by atoms with van der Waals surface area (Å²) in [6.45, 7) is 2.96. The Morgan fingerprint density at radius 1 is 1.22 bits per heavy atom. The van der Waals surface area contributed by atoms with E-state index in [1.54, 1.807) is 12.1 Å². The fourth-order valence-electron chi connectivity index (χ4n) is 2.30. The van der Waals surface area contributed by atoms with Crippen molar-refractivity contribution in [3.63, 3.8) is 0 Å². The van der Waals surface area contributed by atoms with Crippen molar-refractivity contribution in [3.05, 3.63) is 29.8 Å². The largest absolute Gasteiger partial charge is 0.434 e. The van der Waals surface area contributed by atoms with Gasteiger partial charge in [0.1, 0.15) is 5.75 Å². The van der Waals surface area contributed by atoms with Crippen LogP contribution < -0.4 is 10.1 Å². The Morgan fingerprint density at radius 2 is 1.89 bits per heavy atom. The zero-order chi connectivity index (χ0) is 13.0. The van der Waals surface area contributed by atoms with Gasteiger partial charge in [-0.25, -0.2) is 0 Å². The van der Waals surface area contributed by atoms with Gasteiger partial charge in [0.15, 0.2) is 0 Å². The molecular formula is C13H18F2N2O. The van der Waals surface area contributed by atoms with E-state index in [2.05, 4.69) is 15.0 Å². The van der Waals surface area contributed by atoms with Gasteiger partial charge in [-0.1, -0.05) is 18.2 Å². The number of piperazine rings is 1. The van der Waals surface area contributed by atoms with Crippen LogP contribution in [0.5, 0.6) is 5.75 Å². The average molecular weight is 256 g/mol. The van der Waals surface area contributed by atoms with Crippen molar-refractivity contribution in [2.45, 2.75) is 19.6 Å².